The molecular weight excluding hydrogens is 290 g/mol. The number of benzene rings is 1. The molecule has 0 aliphatic carbocycles. The number of aromatic amines is 1. The molecule has 3 nitrogen and oxygen atoms in total. The monoisotopic (exact) mass is 307 g/mol. The molecule has 1 aromatic heterocycles. The Morgan fingerprint density at radius 1 is 1.39 bits per heavy atom. The highest BCUT2D eigenvalue weighted by molar-refractivity contribution is 9.10. The van der Waals surface area contributed by atoms with Crippen molar-refractivity contribution in [2.24, 2.45) is 5.92 Å². The van der Waals surface area contributed by atoms with Crippen LogP contribution in [0.2, 0.25) is 0 Å². The van der Waals surface area contributed by atoms with Gasteiger partial charge in [0.1, 0.15) is 0 Å². The summed E-state index contributed by atoms with van der Waals surface area (Å²) < 4.78 is 1.04. The van der Waals surface area contributed by atoms with Crippen molar-refractivity contribution in [1.82, 2.24) is 10.2 Å². The van der Waals surface area contributed by atoms with E-state index in [4.69, 9.17) is 5.73 Å². The summed E-state index contributed by atoms with van der Waals surface area (Å²) in [5, 5.41) is 7.22. The van der Waals surface area contributed by atoms with E-state index in [9.17, 15) is 0 Å². The lowest BCUT2D eigenvalue weighted by Gasteiger charge is -2.10. The van der Waals surface area contributed by atoms with Crippen LogP contribution in [-0.4, -0.2) is 10.2 Å². The van der Waals surface area contributed by atoms with Crippen LogP contribution in [0.4, 0.5) is 5.82 Å². The van der Waals surface area contributed by atoms with Gasteiger partial charge in [0.15, 0.2) is 5.82 Å². The van der Waals surface area contributed by atoms with E-state index in [1.165, 1.54) is 0 Å². The van der Waals surface area contributed by atoms with Crippen LogP contribution in [0.1, 0.15) is 26.0 Å². The fourth-order valence-corrected chi connectivity index (χ4v) is 2.48. The molecule has 0 saturated heterocycles. The first-order chi connectivity index (χ1) is 8.63. The van der Waals surface area contributed by atoms with Crippen molar-refractivity contribution >= 4 is 21.7 Å². The number of nitrogen functional groups attached to an aromatic ring is 1. The van der Waals surface area contributed by atoms with Crippen LogP contribution < -0.4 is 5.73 Å². The fraction of sp³-hybridized carbons (Fsp3) is 0.357. The van der Waals surface area contributed by atoms with Gasteiger partial charge >= 0.3 is 0 Å². The van der Waals surface area contributed by atoms with Crippen molar-refractivity contribution in [3.05, 3.63) is 34.4 Å². The van der Waals surface area contributed by atoms with Crippen molar-refractivity contribution in [2.45, 2.75) is 26.7 Å². The molecule has 1 heterocycles. The van der Waals surface area contributed by atoms with Gasteiger partial charge in [-0.3, -0.25) is 5.10 Å². The molecule has 0 aliphatic heterocycles. The number of halogens is 1. The predicted molar refractivity (Wildman–Crippen MR) is 79.3 cm³/mol. The van der Waals surface area contributed by atoms with Crippen LogP contribution in [0.3, 0.4) is 0 Å². The highest BCUT2D eigenvalue weighted by Crippen LogP contribution is 2.34. The molecule has 4 heteroatoms. The van der Waals surface area contributed by atoms with E-state index in [-0.39, 0.29) is 0 Å². The summed E-state index contributed by atoms with van der Waals surface area (Å²) in [4.78, 5) is 0. The molecule has 1 atom stereocenters. The quantitative estimate of drug-likeness (QED) is 0.896. The Morgan fingerprint density at radius 2 is 2.11 bits per heavy atom. The molecule has 0 bridgehead atoms. The zero-order valence-electron chi connectivity index (χ0n) is 10.7. The highest BCUT2D eigenvalue weighted by Gasteiger charge is 2.16. The molecular formula is C14H18BrN3. The van der Waals surface area contributed by atoms with E-state index < -0.39 is 0 Å². The Hall–Kier alpha value is -1.29. The Morgan fingerprint density at radius 3 is 2.78 bits per heavy atom. The summed E-state index contributed by atoms with van der Waals surface area (Å²) in [6.45, 7) is 4.43. The van der Waals surface area contributed by atoms with Crippen LogP contribution in [0.5, 0.6) is 0 Å². The summed E-state index contributed by atoms with van der Waals surface area (Å²) in [6.07, 6.45) is 2.12. The molecule has 0 saturated carbocycles. The maximum atomic E-state index is 6.00. The first-order valence-corrected chi connectivity index (χ1v) is 7.00. The molecule has 1 aromatic carbocycles. The van der Waals surface area contributed by atoms with Gasteiger partial charge in [-0.05, 0) is 18.4 Å². The molecule has 1 unspecified atom stereocenters. The first kappa shape index (κ1) is 13.1. The molecule has 2 rings (SSSR count). The molecule has 0 aliphatic rings. The number of nitrogens with zero attached hydrogens (tertiary/aromatic N) is 1. The van der Waals surface area contributed by atoms with Gasteiger partial charge in [0.2, 0.25) is 0 Å². The highest BCUT2D eigenvalue weighted by atomic mass is 79.9. The third-order valence-corrected chi connectivity index (χ3v) is 3.95. The van der Waals surface area contributed by atoms with Crippen molar-refractivity contribution < 1.29 is 0 Å². The largest absolute Gasteiger partial charge is 0.382 e. The van der Waals surface area contributed by atoms with E-state index in [0.717, 1.165) is 34.1 Å². The maximum Gasteiger partial charge on any atom is 0.153 e. The van der Waals surface area contributed by atoms with Gasteiger partial charge in [0.05, 0.1) is 0 Å². The van der Waals surface area contributed by atoms with Gasteiger partial charge in [-0.25, -0.2) is 0 Å². The van der Waals surface area contributed by atoms with Crippen LogP contribution >= 0.6 is 15.9 Å². The summed E-state index contributed by atoms with van der Waals surface area (Å²) in [7, 11) is 0. The number of hydrogen-bond acceptors (Lipinski definition) is 2. The number of hydrogen-bond donors (Lipinski definition) is 2. The van der Waals surface area contributed by atoms with Crippen LogP contribution in [0, 0.1) is 5.92 Å². The van der Waals surface area contributed by atoms with Gasteiger partial charge in [0.25, 0.3) is 0 Å². The topological polar surface area (TPSA) is 54.7 Å². The van der Waals surface area contributed by atoms with Crippen LogP contribution in [-0.2, 0) is 6.42 Å². The predicted octanol–water partition coefficient (Wildman–Crippen LogP) is 4.01. The number of nitrogens with one attached hydrogen (secondary N) is 1. The number of nitrogens with two attached hydrogens (primary N) is 1. The van der Waals surface area contributed by atoms with Crippen molar-refractivity contribution in [3.8, 4) is 11.1 Å². The smallest absolute Gasteiger partial charge is 0.153 e. The number of anilines is 1. The summed E-state index contributed by atoms with van der Waals surface area (Å²) in [5.41, 5.74) is 9.24. The van der Waals surface area contributed by atoms with Crippen LogP contribution in [0.25, 0.3) is 11.1 Å². The minimum absolute atomic E-state index is 0.570. The molecule has 96 valence electrons. The van der Waals surface area contributed by atoms with E-state index in [1.54, 1.807) is 0 Å². The number of rotatable bonds is 4. The SMILES string of the molecule is CCC(C)Cc1[nH]nc(N)c1-c1ccccc1Br. The second-order valence-electron chi connectivity index (χ2n) is 4.66. The van der Waals surface area contributed by atoms with Crippen molar-refractivity contribution in [1.29, 1.82) is 0 Å². The van der Waals surface area contributed by atoms with E-state index in [1.807, 2.05) is 18.2 Å². The van der Waals surface area contributed by atoms with Gasteiger partial charge in [-0.15, -0.1) is 0 Å². The van der Waals surface area contributed by atoms with E-state index >= 15 is 0 Å². The molecule has 0 amide bonds. The molecule has 0 spiro atoms. The van der Waals surface area contributed by atoms with Gasteiger partial charge in [0, 0.05) is 21.3 Å². The average molecular weight is 308 g/mol. The lowest BCUT2D eigenvalue weighted by atomic mass is 9.97. The molecule has 18 heavy (non-hydrogen) atoms. The number of H-pyrrole nitrogens is 1. The van der Waals surface area contributed by atoms with Crippen molar-refractivity contribution in [2.75, 3.05) is 5.73 Å². The normalized spacial score (nSPS) is 12.6. The molecule has 0 fully saturated rings. The van der Waals surface area contributed by atoms with Crippen LogP contribution in [0.15, 0.2) is 28.7 Å². The maximum absolute atomic E-state index is 6.00. The zero-order chi connectivity index (χ0) is 13.1. The second-order valence-corrected chi connectivity index (χ2v) is 5.51. The zero-order valence-corrected chi connectivity index (χ0v) is 12.3. The van der Waals surface area contributed by atoms with Crippen molar-refractivity contribution in [3.63, 3.8) is 0 Å². The minimum atomic E-state index is 0.570. The second kappa shape index (κ2) is 5.57. The van der Waals surface area contributed by atoms with E-state index in [2.05, 4.69) is 46.0 Å². The molecule has 0 radical (unpaired) electrons. The molecule has 3 N–H and O–H groups in total. The standard InChI is InChI=1S/C14H18BrN3/c1-3-9(2)8-12-13(14(16)18-17-12)10-6-4-5-7-11(10)15/h4-7,9H,3,8H2,1-2H3,(H3,16,17,18). The number of aromatic nitrogens is 2. The van der Waals surface area contributed by atoms with Gasteiger partial charge in [-0.2, -0.15) is 5.10 Å². The fourth-order valence-electron chi connectivity index (χ4n) is 2.00. The summed E-state index contributed by atoms with van der Waals surface area (Å²) in [5.74, 6) is 1.19. The Balaban J connectivity index is 2.44. The minimum Gasteiger partial charge on any atom is -0.382 e. The molecule has 2 aromatic rings. The Labute approximate surface area is 116 Å². The Kier molecular flexibility index (Phi) is 4.07. The third kappa shape index (κ3) is 2.58. The average Bonchev–Trinajstić information content (AvgIpc) is 2.71. The summed E-state index contributed by atoms with van der Waals surface area (Å²) in [6, 6.07) is 8.10. The van der Waals surface area contributed by atoms with E-state index in [0.29, 0.717) is 11.7 Å². The van der Waals surface area contributed by atoms with Gasteiger partial charge in [-0.1, -0.05) is 54.4 Å². The first-order valence-electron chi connectivity index (χ1n) is 6.21. The lowest BCUT2D eigenvalue weighted by molar-refractivity contribution is 0.552. The Bertz CT molecular complexity index is 534. The lowest BCUT2D eigenvalue weighted by Crippen LogP contribution is -2.00. The summed E-state index contributed by atoms with van der Waals surface area (Å²) >= 11 is 3.57. The van der Waals surface area contributed by atoms with Gasteiger partial charge < -0.3 is 5.73 Å². The third-order valence-electron chi connectivity index (χ3n) is 3.26.